The van der Waals surface area contributed by atoms with E-state index >= 15 is 0 Å². The van der Waals surface area contributed by atoms with Gasteiger partial charge in [0.2, 0.25) is 10.0 Å². The molecule has 0 spiro atoms. The van der Waals surface area contributed by atoms with Gasteiger partial charge in [-0.25, -0.2) is 13.1 Å². The number of halogens is 3. The number of rotatable bonds is 9. The number of nitrogens with one attached hydrogen (secondary N) is 2. The van der Waals surface area contributed by atoms with E-state index in [1.54, 1.807) is 0 Å². The molecule has 1 atom stereocenters. The van der Waals surface area contributed by atoms with Crippen molar-refractivity contribution in [1.29, 1.82) is 0 Å². The Labute approximate surface area is 168 Å². The molecule has 142 valence electrons. The van der Waals surface area contributed by atoms with Crippen molar-refractivity contribution in [3.05, 3.63) is 57.5 Å². The lowest BCUT2D eigenvalue weighted by molar-refractivity contribution is 0.175. The molecule has 0 aliphatic rings. The average Bonchev–Trinajstić information content (AvgIpc) is 2.56. The maximum atomic E-state index is 12.3. The van der Waals surface area contributed by atoms with Gasteiger partial charge < -0.3 is 10.4 Å². The van der Waals surface area contributed by atoms with Crippen LogP contribution in [0.2, 0.25) is 15.1 Å². The zero-order valence-electron chi connectivity index (χ0n) is 13.8. The highest BCUT2D eigenvalue weighted by atomic mass is 35.5. The summed E-state index contributed by atoms with van der Waals surface area (Å²) >= 11 is 17.7. The predicted octanol–water partition coefficient (Wildman–Crippen LogP) is 4.18. The third-order valence-electron chi connectivity index (χ3n) is 3.55. The van der Waals surface area contributed by atoms with E-state index < -0.39 is 16.1 Å². The van der Waals surface area contributed by atoms with E-state index in [9.17, 15) is 13.5 Å². The summed E-state index contributed by atoms with van der Waals surface area (Å²) in [6.45, 7) is 0.533. The van der Waals surface area contributed by atoms with Gasteiger partial charge in [-0.2, -0.15) is 0 Å². The topological polar surface area (TPSA) is 78.4 Å². The van der Waals surface area contributed by atoms with E-state index in [0.717, 1.165) is 5.69 Å². The Morgan fingerprint density at radius 3 is 2.27 bits per heavy atom. The second kappa shape index (κ2) is 9.78. The lowest BCUT2D eigenvalue weighted by Crippen LogP contribution is -2.27. The first-order chi connectivity index (χ1) is 12.3. The Hall–Kier alpha value is -1.02. The molecule has 0 saturated heterocycles. The minimum absolute atomic E-state index is 0.0397. The number of aliphatic hydroxyl groups excluding tert-OH is 1. The van der Waals surface area contributed by atoms with Crippen molar-refractivity contribution in [2.24, 2.45) is 0 Å². The van der Waals surface area contributed by atoms with Crippen LogP contribution >= 0.6 is 34.8 Å². The highest BCUT2D eigenvalue weighted by Crippen LogP contribution is 2.32. The van der Waals surface area contributed by atoms with Crippen LogP contribution in [0.5, 0.6) is 0 Å². The van der Waals surface area contributed by atoms with Crippen molar-refractivity contribution in [3.8, 4) is 0 Å². The molecule has 0 amide bonds. The van der Waals surface area contributed by atoms with Gasteiger partial charge in [0, 0.05) is 23.8 Å². The minimum Gasteiger partial charge on any atom is -0.391 e. The number of hydrogen-bond acceptors (Lipinski definition) is 4. The van der Waals surface area contributed by atoms with Gasteiger partial charge in [0.05, 0.1) is 16.1 Å². The first kappa shape index (κ1) is 21.3. The monoisotopic (exact) mass is 436 g/mol. The van der Waals surface area contributed by atoms with E-state index in [0.29, 0.717) is 19.4 Å². The van der Waals surface area contributed by atoms with Gasteiger partial charge in [-0.1, -0.05) is 53.0 Å². The molecule has 0 saturated carbocycles. The molecule has 26 heavy (non-hydrogen) atoms. The van der Waals surface area contributed by atoms with E-state index in [2.05, 4.69) is 10.0 Å². The summed E-state index contributed by atoms with van der Waals surface area (Å²) in [5.41, 5.74) is 0.916. The van der Waals surface area contributed by atoms with Crippen molar-refractivity contribution in [2.75, 3.05) is 18.4 Å². The Morgan fingerprint density at radius 2 is 1.65 bits per heavy atom. The van der Waals surface area contributed by atoms with Crippen LogP contribution in [0.15, 0.2) is 47.4 Å². The summed E-state index contributed by atoms with van der Waals surface area (Å²) < 4.78 is 27.1. The molecule has 0 bridgehead atoms. The largest absolute Gasteiger partial charge is 0.391 e. The summed E-state index contributed by atoms with van der Waals surface area (Å²) in [7, 11) is -3.86. The van der Waals surface area contributed by atoms with Crippen molar-refractivity contribution in [3.63, 3.8) is 0 Å². The Balaban J connectivity index is 1.80. The van der Waals surface area contributed by atoms with E-state index in [1.807, 2.05) is 30.3 Å². The van der Waals surface area contributed by atoms with Crippen molar-refractivity contribution >= 4 is 50.5 Å². The number of para-hydroxylation sites is 1. The molecular formula is C17H19Cl3N2O3S. The second-order valence-corrected chi connectivity index (χ2v) is 8.59. The fourth-order valence-corrected chi connectivity index (χ4v) is 4.91. The van der Waals surface area contributed by atoms with Gasteiger partial charge >= 0.3 is 0 Å². The van der Waals surface area contributed by atoms with Gasteiger partial charge in [-0.3, -0.25) is 0 Å². The quantitative estimate of drug-likeness (QED) is 0.514. The third-order valence-corrected chi connectivity index (χ3v) is 6.15. The number of aliphatic hydroxyl groups is 1. The highest BCUT2D eigenvalue weighted by Gasteiger charge is 2.22. The van der Waals surface area contributed by atoms with E-state index in [4.69, 9.17) is 34.8 Å². The molecule has 0 radical (unpaired) electrons. The number of anilines is 1. The molecule has 2 aromatic rings. The molecule has 3 N–H and O–H groups in total. The summed E-state index contributed by atoms with van der Waals surface area (Å²) in [5, 5.41) is 13.3. The van der Waals surface area contributed by atoms with Crippen molar-refractivity contribution in [2.45, 2.75) is 23.8 Å². The lowest BCUT2D eigenvalue weighted by atomic mass is 10.2. The first-order valence-electron chi connectivity index (χ1n) is 7.91. The maximum absolute atomic E-state index is 12.3. The summed E-state index contributed by atoms with van der Waals surface area (Å²) in [6, 6.07) is 12.2. The highest BCUT2D eigenvalue weighted by molar-refractivity contribution is 7.89. The van der Waals surface area contributed by atoms with Gasteiger partial charge in [0.25, 0.3) is 0 Å². The van der Waals surface area contributed by atoms with Crippen LogP contribution in [-0.4, -0.2) is 32.7 Å². The molecule has 2 aromatic carbocycles. The van der Waals surface area contributed by atoms with Crippen molar-refractivity contribution < 1.29 is 13.5 Å². The molecule has 0 aliphatic carbocycles. The van der Waals surface area contributed by atoms with E-state index in [-0.39, 0.29) is 26.5 Å². The normalized spacial score (nSPS) is 12.8. The molecule has 0 fully saturated rings. The molecule has 9 heteroatoms. The molecule has 0 aliphatic heterocycles. The second-order valence-electron chi connectivity index (χ2n) is 5.64. The third kappa shape index (κ3) is 6.30. The van der Waals surface area contributed by atoms with Crippen LogP contribution in [0.3, 0.4) is 0 Å². The first-order valence-corrected chi connectivity index (χ1v) is 10.5. The van der Waals surface area contributed by atoms with Crippen molar-refractivity contribution in [1.82, 2.24) is 4.72 Å². The SMILES string of the molecule is O=S(=O)(NCCCC(O)CNc1ccccc1)c1c(Cl)cc(Cl)cc1Cl. The number of sulfonamides is 1. The molecule has 5 nitrogen and oxygen atoms in total. The van der Waals surface area contributed by atoms with Crippen LogP contribution in [0.4, 0.5) is 5.69 Å². The lowest BCUT2D eigenvalue weighted by Gasteiger charge is -2.14. The molecule has 2 rings (SSSR count). The summed E-state index contributed by atoms with van der Waals surface area (Å²) in [4.78, 5) is -0.198. The van der Waals surface area contributed by atoms with Crippen LogP contribution in [0.1, 0.15) is 12.8 Å². The number of benzene rings is 2. The molecule has 0 aromatic heterocycles. The summed E-state index contributed by atoms with van der Waals surface area (Å²) in [5.74, 6) is 0. The minimum atomic E-state index is -3.86. The summed E-state index contributed by atoms with van der Waals surface area (Å²) in [6.07, 6.45) is 0.298. The van der Waals surface area contributed by atoms with Gasteiger partial charge in [0.1, 0.15) is 4.90 Å². The maximum Gasteiger partial charge on any atom is 0.243 e. The fraction of sp³-hybridized carbons (Fsp3) is 0.294. The smallest absolute Gasteiger partial charge is 0.243 e. The zero-order valence-corrected chi connectivity index (χ0v) is 16.8. The van der Waals surface area contributed by atoms with Gasteiger partial charge in [-0.15, -0.1) is 0 Å². The number of hydrogen-bond donors (Lipinski definition) is 3. The Morgan fingerprint density at radius 1 is 1.04 bits per heavy atom. The van der Waals surface area contributed by atoms with Gasteiger partial charge in [-0.05, 0) is 37.1 Å². The average molecular weight is 438 g/mol. The van der Waals surface area contributed by atoms with Crippen LogP contribution in [-0.2, 0) is 10.0 Å². The molecular weight excluding hydrogens is 419 g/mol. The standard InChI is InChI=1S/C17H19Cl3N2O3S/c18-12-9-15(19)17(16(20)10-12)26(24,25)22-8-4-7-14(23)11-21-13-5-2-1-3-6-13/h1-3,5-6,9-10,14,21-23H,4,7-8,11H2. The molecule has 0 heterocycles. The van der Waals surface area contributed by atoms with Crippen LogP contribution < -0.4 is 10.0 Å². The van der Waals surface area contributed by atoms with Gasteiger partial charge in [0.15, 0.2) is 0 Å². The van der Waals surface area contributed by atoms with Crippen LogP contribution in [0, 0.1) is 0 Å². The zero-order chi connectivity index (χ0) is 19.2. The fourth-order valence-electron chi connectivity index (χ4n) is 2.30. The Kier molecular flexibility index (Phi) is 8.01. The van der Waals surface area contributed by atoms with E-state index in [1.165, 1.54) is 12.1 Å². The Bertz CT molecular complexity index is 809. The van der Waals surface area contributed by atoms with Crippen LogP contribution in [0.25, 0.3) is 0 Å². The predicted molar refractivity (Wildman–Crippen MR) is 107 cm³/mol. The molecule has 1 unspecified atom stereocenters.